The highest BCUT2D eigenvalue weighted by Gasteiger charge is 2.79. The molecule has 0 aromatic heterocycles. The van der Waals surface area contributed by atoms with E-state index in [2.05, 4.69) is 18.2 Å². The van der Waals surface area contributed by atoms with E-state index in [0.29, 0.717) is 36.5 Å². The Morgan fingerprint density at radius 1 is 0.972 bits per heavy atom. The Labute approximate surface area is 213 Å². The largest absolute Gasteiger partial charge is 0.493 e. The van der Waals surface area contributed by atoms with Gasteiger partial charge in [0.2, 0.25) is 17.1 Å². The molecule has 4 atom stereocenters. The predicted octanol–water partition coefficient (Wildman–Crippen LogP) is 5.94. The van der Waals surface area contributed by atoms with Gasteiger partial charge in [0, 0.05) is 6.42 Å². The van der Waals surface area contributed by atoms with Crippen LogP contribution in [0.15, 0.2) is 18.2 Å². The van der Waals surface area contributed by atoms with E-state index in [-0.39, 0.29) is 5.90 Å². The number of hydrogen-bond donors (Lipinski definition) is 1. The first-order valence-corrected chi connectivity index (χ1v) is 13.0. The zero-order chi connectivity index (χ0) is 25.8. The molecule has 0 spiro atoms. The number of nitrogens with zero attached hydrogens (tertiary/aromatic N) is 3. The minimum Gasteiger partial charge on any atom is -0.493 e. The highest BCUT2D eigenvalue weighted by molar-refractivity contribution is 5.89. The number of rotatable bonds is 4. The molecule has 2 saturated heterocycles. The summed E-state index contributed by atoms with van der Waals surface area (Å²) in [6.45, 7) is 2.32. The first kappa shape index (κ1) is 25.8. The van der Waals surface area contributed by atoms with Crippen LogP contribution in [-0.4, -0.2) is 25.4 Å². The van der Waals surface area contributed by atoms with E-state index in [4.69, 9.17) is 24.4 Å². The van der Waals surface area contributed by atoms with Crippen molar-refractivity contribution in [3.63, 3.8) is 0 Å². The third kappa shape index (κ3) is 3.78. The van der Waals surface area contributed by atoms with Gasteiger partial charge in [-0.2, -0.15) is 15.8 Å². The molecule has 1 aliphatic carbocycles. The van der Waals surface area contributed by atoms with Crippen LogP contribution in [-0.2, 0) is 9.47 Å². The normalized spacial score (nSPS) is 31.7. The van der Waals surface area contributed by atoms with Gasteiger partial charge in [0.15, 0.2) is 16.9 Å². The van der Waals surface area contributed by atoms with Crippen LogP contribution in [0, 0.1) is 56.2 Å². The summed E-state index contributed by atoms with van der Waals surface area (Å²) in [5.74, 6) is -1.17. The maximum atomic E-state index is 10.7. The minimum atomic E-state index is -1.97. The van der Waals surface area contributed by atoms with E-state index in [9.17, 15) is 15.8 Å². The predicted molar refractivity (Wildman–Crippen MR) is 131 cm³/mol. The Morgan fingerprint density at radius 2 is 1.64 bits per heavy atom. The van der Waals surface area contributed by atoms with Gasteiger partial charge in [-0.25, -0.2) is 0 Å². The minimum absolute atomic E-state index is 0.326. The molecule has 2 aliphatic heterocycles. The van der Waals surface area contributed by atoms with Gasteiger partial charge in [-0.05, 0) is 37.5 Å². The third-order valence-corrected chi connectivity index (χ3v) is 8.11. The third-order valence-electron chi connectivity index (χ3n) is 8.11. The highest BCUT2D eigenvalue weighted by atomic mass is 16.7. The first-order valence-electron chi connectivity index (χ1n) is 13.0. The summed E-state index contributed by atoms with van der Waals surface area (Å²) in [6.07, 6.45) is 8.17. The van der Waals surface area contributed by atoms with Crippen molar-refractivity contribution in [1.29, 1.82) is 21.2 Å². The van der Waals surface area contributed by atoms with Crippen molar-refractivity contribution in [3.8, 4) is 29.7 Å². The van der Waals surface area contributed by atoms with Gasteiger partial charge in [0.25, 0.3) is 0 Å². The molecular weight excluding hydrogens is 456 g/mol. The lowest BCUT2D eigenvalue weighted by molar-refractivity contribution is -0.287. The van der Waals surface area contributed by atoms with E-state index in [1.54, 1.807) is 18.2 Å². The molecule has 8 nitrogen and oxygen atoms in total. The van der Waals surface area contributed by atoms with Gasteiger partial charge >= 0.3 is 0 Å². The molecule has 3 aliphatic rings. The van der Waals surface area contributed by atoms with Crippen molar-refractivity contribution in [2.75, 3.05) is 13.7 Å². The molecule has 1 saturated carbocycles. The molecule has 190 valence electrons. The van der Waals surface area contributed by atoms with Crippen molar-refractivity contribution in [1.82, 2.24) is 0 Å². The fraction of sp³-hybridized carbons (Fsp3) is 0.643. The van der Waals surface area contributed by atoms with Crippen molar-refractivity contribution in [2.24, 2.45) is 16.7 Å². The molecule has 2 bridgehead atoms. The lowest BCUT2D eigenvalue weighted by atomic mass is 9.52. The van der Waals surface area contributed by atoms with Gasteiger partial charge in [0.05, 0.1) is 37.8 Å². The Kier molecular flexibility index (Phi) is 7.43. The topological polar surface area (TPSA) is 132 Å². The molecule has 0 radical (unpaired) electrons. The molecule has 2 heterocycles. The average Bonchev–Trinajstić information content (AvgIpc) is 3.07. The van der Waals surface area contributed by atoms with Crippen LogP contribution in [0.4, 0.5) is 0 Å². The molecule has 4 rings (SSSR count). The van der Waals surface area contributed by atoms with Crippen LogP contribution in [0.5, 0.6) is 11.5 Å². The molecule has 8 heteroatoms. The van der Waals surface area contributed by atoms with Gasteiger partial charge < -0.3 is 18.9 Å². The van der Waals surface area contributed by atoms with E-state index in [0.717, 1.165) is 38.5 Å². The molecule has 36 heavy (non-hydrogen) atoms. The average molecular weight is 491 g/mol. The fourth-order valence-electron chi connectivity index (χ4n) is 6.34. The van der Waals surface area contributed by atoms with Crippen LogP contribution in [0.2, 0.25) is 0 Å². The summed E-state index contributed by atoms with van der Waals surface area (Å²) in [5.41, 5.74) is -3.20. The molecular formula is C28H34N4O4. The number of nitrogens with one attached hydrogen (secondary N) is 1. The smallest absolute Gasteiger partial charge is 0.217 e. The van der Waals surface area contributed by atoms with E-state index in [1.165, 1.54) is 20.0 Å². The summed E-state index contributed by atoms with van der Waals surface area (Å²) in [5, 5.41) is 40.6. The summed E-state index contributed by atoms with van der Waals surface area (Å²) < 4.78 is 24.0. The SMILES string of the molecule is CCOc1ccc(C2OC34CCCCCCCCCCC3C(C#N)(C(=N)O4)C2(C#N)C#N)cc1OC. The van der Waals surface area contributed by atoms with Crippen molar-refractivity contribution in [3.05, 3.63) is 23.8 Å². The second kappa shape index (κ2) is 10.4. The molecule has 1 aromatic carbocycles. The molecule has 1 N–H and O–H groups in total. The summed E-state index contributed by atoms with van der Waals surface area (Å²) >= 11 is 0. The zero-order valence-electron chi connectivity index (χ0n) is 21.1. The molecule has 3 fully saturated rings. The van der Waals surface area contributed by atoms with E-state index in [1.807, 2.05) is 6.92 Å². The Balaban J connectivity index is 1.88. The zero-order valence-corrected chi connectivity index (χ0v) is 21.1. The quantitative estimate of drug-likeness (QED) is 0.552. The van der Waals surface area contributed by atoms with E-state index >= 15 is 0 Å². The van der Waals surface area contributed by atoms with Crippen LogP contribution >= 0.6 is 0 Å². The van der Waals surface area contributed by atoms with Crippen LogP contribution in [0.25, 0.3) is 0 Å². The second-order valence-electron chi connectivity index (χ2n) is 9.96. The summed E-state index contributed by atoms with van der Waals surface area (Å²) in [4.78, 5) is 0. The van der Waals surface area contributed by atoms with Crippen LogP contribution in [0.1, 0.15) is 82.8 Å². The molecule has 4 unspecified atom stereocenters. The number of nitriles is 3. The van der Waals surface area contributed by atoms with Crippen molar-refractivity contribution in [2.45, 2.75) is 83.0 Å². The Hall–Kier alpha value is -3.28. The maximum Gasteiger partial charge on any atom is 0.217 e. The lowest BCUT2D eigenvalue weighted by Crippen LogP contribution is -2.59. The monoisotopic (exact) mass is 490 g/mol. The van der Waals surface area contributed by atoms with Crippen molar-refractivity contribution < 1.29 is 18.9 Å². The van der Waals surface area contributed by atoms with Gasteiger partial charge in [-0.3, -0.25) is 5.41 Å². The van der Waals surface area contributed by atoms with Gasteiger partial charge in [0.1, 0.15) is 6.10 Å². The second-order valence-corrected chi connectivity index (χ2v) is 9.96. The van der Waals surface area contributed by atoms with Gasteiger partial charge in [-0.1, -0.05) is 51.0 Å². The Morgan fingerprint density at radius 3 is 2.25 bits per heavy atom. The maximum absolute atomic E-state index is 10.7. The van der Waals surface area contributed by atoms with E-state index < -0.39 is 28.6 Å². The Bertz CT molecular complexity index is 1100. The molecule has 1 aromatic rings. The fourth-order valence-corrected chi connectivity index (χ4v) is 6.34. The number of methoxy groups -OCH3 is 1. The van der Waals surface area contributed by atoms with Crippen LogP contribution < -0.4 is 9.47 Å². The highest BCUT2D eigenvalue weighted by Crippen LogP contribution is 2.68. The summed E-state index contributed by atoms with van der Waals surface area (Å²) in [6, 6.07) is 11.8. The standard InChI is InChI=1S/C28H34N4O4/c1-3-34-21-14-13-20(16-22(21)33-2)24-26(17-29,18-30)27(19-31)23-12-10-8-6-4-5-7-9-11-15-28(23,35-24)36-25(27)32/h13-14,16,23-24,32H,3-12,15H2,1-2H3. The number of ether oxygens (including phenoxy) is 4. The number of hydrogen-bond acceptors (Lipinski definition) is 8. The summed E-state index contributed by atoms with van der Waals surface area (Å²) in [7, 11) is 1.52. The molecule has 0 amide bonds. The first-order chi connectivity index (χ1) is 17.5. The van der Waals surface area contributed by atoms with Crippen LogP contribution in [0.3, 0.4) is 0 Å². The lowest BCUT2D eigenvalue weighted by Gasteiger charge is -2.50. The van der Waals surface area contributed by atoms with Crippen molar-refractivity contribution >= 4 is 5.90 Å². The van der Waals surface area contributed by atoms with Gasteiger partial charge in [-0.15, -0.1) is 0 Å². The number of benzene rings is 1.